The molecule has 2 fully saturated rings. The first kappa shape index (κ1) is 14.9. The van der Waals surface area contributed by atoms with E-state index in [4.69, 9.17) is 0 Å². The Kier molecular flexibility index (Phi) is 4.26. The normalized spacial score (nSPS) is 25.3. The van der Waals surface area contributed by atoms with Crippen molar-refractivity contribution in [3.63, 3.8) is 0 Å². The topological polar surface area (TPSA) is 52.7 Å². The molecule has 5 nitrogen and oxygen atoms in total. The zero-order valence-corrected chi connectivity index (χ0v) is 12.7. The molecular formula is C14H20FN3O2S. The van der Waals surface area contributed by atoms with Gasteiger partial charge < -0.3 is 5.32 Å². The molecule has 1 atom stereocenters. The number of nitrogens with one attached hydrogen (secondary N) is 1. The molecule has 21 heavy (non-hydrogen) atoms. The van der Waals surface area contributed by atoms with Crippen molar-refractivity contribution in [3.05, 3.63) is 30.1 Å². The van der Waals surface area contributed by atoms with Crippen LogP contribution in [0.4, 0.5) is 4.39 Å². The summed E-state index contributed by atoms with van der Waals surface area (Å²) in [7, 11) is -3.50. The summed E-state index contributed by atoms with van der Waals surface area (Å²) in [6, 6.07) is 5.57. The molecule has 0 aliphatic carbocycles. The second-order valence-corrected chi connectivity index (χ2v) is 7.48. The van der Waals surface area contributed by atoms with Gasteiger partial charge in [-0.25, -0.2) is 12.8 Å². The molecule has 0 radical (unpaired) electrons. The van der Waals surface area contributed by atoms with Crippen LogP contribution in [0, 0.1) is 5.82 Å². The third-order valence-corrected chi connectivity index (χ3v) is 6.19. The quantitative estimate of drug-likeness (QED) is 0.883. The fraction of sp³-hybridized carbons (Fsp3) is 0.571. The summed E-state index contributed by atoms with van der Waals surface area (Å²) in [5.41, 5.74) is 0. The van der Waals surface area contributed by atoms with Crippen LogP contribution in [0.3, 0.4) is 0 Å². The SMILES string of the molecule is O=S(=O)(c1ccc(F)cc1)N1CCN(C2CCNC2)CC1. The summed E-state index contributed by atoms with van der Waals surface area (Å²) in [6.45, 7) is 4.54. The van der Waals surface area contributed by atoms with Gasteiger partial charge in [-0.1, -0.05) is 0 Å². The molecule has 0 saturated carbocycles. The number of piperazine rings is 1. The Morgan fingerprint density at radius 3 is 2.33 bits per heavy atom. The lowest BCUT2D eigenvalue weighted by atomic mass is 10.2. The van der Waals surface area contributed by atoms with Crippen molar-refractivity contribution in [3.8, 4) is 0 Å². The van der Waals surface area contributed by atoms with Gasteiger partial charge >= 0.3 is 0 Å². The van der Waals surface area contributed by atoms with Crippen molar-refractivity contribution in [2.75, 3.05) is 39.3 Å². The molecule has 1 N–H and O–H groups in total. The van der Waals surface area contributed by atoms with Gasteiger partial charge in [0.05, 0.1) is 4.90 Å². The number of rotatable bonds is 3. The maximum absolute atomic E-state index is 12.9. The van der Waals surface area contributed by atoms with Crippen LogP contribution in [-0.2, 0) is 10.0 Å². The Labute approximate surface area is 124 Å². The van der Waals surface area contributed by atoms with Crippen molar-refractivity contribution in [1.29, 1.82) is 0 Å². The van der Waals surface area contributed by atoms with E-state index in [0.29, 0.717) is 19.1 Å². The van der Waals surface area contributed by atoms with Crippen molar-refractivity contribution < 1.29 is 12.8 Å². The van der Waals surface area contributed by atoms with Crippen LogP contribution in [0.15, 0.2) is 29.2 Å². The zero-order valence-electron chi connectivity index (χ0n) is 11.8. The lowest BCUT2D eigenvalue weighted by Gasteiger charge is -2.37. The highest BCUT2D eigenvalue weighted by Gasteiger charge is 2.31. The van der Waals surface area contributed by atoms with Gasteiger partial charge in [0, 0.05) is 38.8 Å². The highest BCUT2D eigenvalue weighted by Crippen LogP contribution is 2.19. The van der Waals surface area contributed by atoms with Crippen molar-refractivity contribution in [2.45, 2.75) is 17.4 Å². The first-order chi connectivity index (χ1) is 10.1. The highest BCUT2D eigenvalue weighted by molar-refractivity contribution is 7.89. The van der Waals surface area contributed by atoms with Gasteiger partial charge in [0.15, 0.2) is 0 Å². The molecule has 0 amide bonds. The fourth-order valence-electron chi connectivity index (χ4n) is 3.02. The van der Waals surface area contributed by atoms with E-state index in [1.807, 2.05) is 0 Å². The maximum Gasteiger partial charge on any atom is 0.243 e. The van der Waals surface area contributed by atoms with E-state index in [-0.39, 0.29) is 4.90 Å². The van der Waals surface area contributed by atoms with Crippen LogP contribution >= 0.6 is 0 Å². The van der Waals surface area contributed by atoms with E-state index in [9.17, 15) is 12.8 Å². The Balaban J connectivity index is 1.66. The average molecular weight is 313 g/mol. The summed E-state index contributed by atoms with van der Waals surface area (Å²) in [4.78, 5) is 2.52. The minimum absolute atomic E-state index is 0.167. The third kappa shape index (κ3) is 3.11. The fourth-order valence-corrected chi connectivity index (χ4v) is 4.44. The van der Waals surface area contributed by atoms with Gasteiger partial charge in [-0.05, 0) is 37.2 Å². The molecule has 0 spiro atoms. The van der Waals surface area contributed by atoms with E-state index in [2.05, 4.69) is 10.2 Å². The summed E-state index contributed by atoms with van der Waals surface area (Å²) in [5, 5.41) is 3.33. The van der Waals surface area contributed by atoms with E-state index in [1.165, 1.54) is 28.6 Å². The second-order valence-electron chi connectivity index (χ2n) is 5.54. The van der Waals surface area contributed by atoms with Crippen LogP contribution in [0.25, 0.3) is 0 Å². The number of hydrogen-bond donors (Lipinski definition) is 1. The number of hydrogen-bond acceptors (Lipinski definition) is 4. The molecular weight excluding hydrogens is 293 g/mol. The molecule has 2 aliphatic heterocycles. The summed E-state index contributed by atoms with van der Waals surface area (Å²) in [5.74, 6) is -0.424. The Morgan fingerprint density at radius 1 is 1.10 bits per heavy atom. The van der Waals surface area contributed by atoms with Gasteiger partial charge in [-0.3, -0.25) is 4.90 Å². The van der Waals surface area contributed by atoms with Crippen molar-refractivity contribution in [1.82, 2.24) is 14.5 Å². The van der Waals surface area contributed by atoms with Gasteiger partial charge in [0.1, 0.15) is 5.82 Å². The van der Waals surface area contributed by atoms with Crippen molar-refractivity contribution in [2.24, 2.45) is 0 Å². The Hall–Kier alpha value is -1.02. The van der Waals surface area contributed by atoms with Crippen molar-refractivity contribution >= 4 is 10.0 Å². The van der Waals surface area contributed by atoms with Gasteiger partial charge in [0.2, 0.25) is 10.0 Å². The molecule has 2 aliphatic rings. The van der Waals surface area contributed by atoms with E-state index in [0.717, 1.165) is 32.6 Å². The molecule has 3 rings (SSSR count). The van der Waals surface area contributed by atoms with Gasteiger partial charge in [-0.2, -0.15) is 4.31 Å². The van der Waals surface area contributed by atoms with E-state index in [1.54, 1.807) is 0 Å². The van der Waals surface area contributed by atoms with Crippen LogP contribution in [0.5, 0.6) is 0 Å². The minimum atomic E-state index is -3.50. The number of sulfonamides is 1. The van der Waals surface area contributed by atoms with Crippen LogP contribution < -0.4 is 5.32 Å². The maximum atomic E-state index is 12.9. The highest BCUT2D eigenvalue weighted by atomic mass is 32.2. The average Bonchev–Trinajstić information content (AvgIpc) is 3.02. The minimum Gasteiger partial charge on any atom is -0.315 e. The predicted molar refractivity (Wildman–Crippen MR) is 78.0 cm³/mol. The lowest BCUT2D eigenvalue weighted by Crippen LogP contribution is -2.52. The number of nitrogens with zero attached hydrogens (tertiary/aromatic N) is 2. The number of benzene rings is 1. The molecule has 2 heterocycles. The number of halogens is 1. The molecule has 7 heteroatoms. The van der Waals surface area contributed by atoms with Crippen LogP contribution in [-0.4, -0.2) is 62.9 Å². The monoisotopic (exact) mass is 313 g/mol. The Morgan fingerprint density at radius 2 is 1.76 bits per heavy atom. The molecule has 116 valence electrons. The second kappa shape index (κ2) is 6.00. The lowest BCUT2D eigenvalue weighted by molar-refractivity contribution is 0.145. The van der Waals surface area contributed by atoms with Crippen LogP contribution in [0.2, 0.25) is 0 Å². The first-order valence-electron chi connectivity index (χ1n) is 7.28. The molecule has 2 saturated heterocycles. The Bertz CT molecular complexity index is 577. The molecule has 1 aromatic rings. The standard InChI is InChI=1S/C14H20FN3O2S/c15-12-1-3-14(4-2-12)21(19,20)18-9-7-17(8-10-18)13-5-6-16-11-13/h1-4,13,16H,5-11H2. The summed E-state index contributed by atoms with van der Waals surface area (Å²) < 4.78 is 39.4. The first-order valence-corrected chi connectivity index (χ1v) is 8.72. The smallest absolute Gasteiger partial charge is 0.243 e. The third-order valence-electron chi connectivity index (χ3n) is 4.28. The van der Waals surface area contributed by atoms with E-state index < -0.39 is 15.8 Å². The predicted octanol–water partition coefficient (Wildman–Crippen LogP) is 0.494. The molecule has 1 aromatic carbocycles. The zero-order chi connectivity index (χ0) is 14.9. The molecule has 0 bridgehead atoms. The summed E-state index contributed by atoms with van der Waals surface area (Å²) >= 11 is 0. The van der Waals surface area contributed by atoms with Gasteiger partial charge in [0.25, 0.3) is 0 Å². The van der Waals surface area contributed by atoms with Crippen LogP contribution in [0.1, 0.15) is 6.42 Å². The largest absolute Gasteiger partial charge is 0.315 e. The summed E-state index contributed by atoms with van der Waals surface area (Å²) in [6.07, 6.45) is 1.13. The molecule has 0 aromatic heterocycles. The molecule has 1 unspecified atom stereocenters. The van der Waals surface area contributed by atoms with E-state index >= 15 is 0 Å². The van der Waals surface area contributed by atoms with Gasteiger partial charge in [-0.15, -0.1) is 0 Å².